The highest BCUT2D eigenvalue weighted by Crippen LogP contribution is 2.26. The molecule has 1 aromatic heterocycles. The third kappa shape index (κ3) is 3.53. The quantitative estimate of drug-likeness (QED) is 0.742. The summed E-state index contributed by atoms with van der Waals surface area (Å²) in [5.74, 6) is -0.594. The van der Waals surface area contributed by atoms with Crippen LogP contribution >= 0.6 is 0 Å². The third-order valence-corrected chi connectivity index (χ3v) is 5.26. The van der Waals surface area contributed by atoms with E-state index in [1.54, 1.807) is 35.2 Å². The van der Waals surface area contributed by atoms with Crippen LogP contribution in [0.15, 0.2) is 53.3 Å². The van der Waals surface area contributed by atoms with E-state index in [9.17, 15) is 14.0 Å². The van der Waals surface area contributed by atoms with Gasteiger partial charge in [0.1, 0.15) is 5.82 Å². The van der Waals surface area contributed by atoms with Gasteiger partial charge >= 0.3 is 0 Å². The van der Waals surface area contributed by atoms with Crippen LogP contribution in [0.25, 0.3) is 10.8 Å². The molecule has 1 aliphatic heterocycles. The number of amides is 1. The van der Waals surface area contributed by atoms with Gasteiger partial charge in [-0.2, -0.15) is 5.10 Å². The first-order valence-electron chi connectivity index (χ1n) is 9.76. The fourth-order valence-corrected chi connectivity index (χ4v) is 3.81. The van der Waals surface area contributed by atoms with Crippen LogP contribution in [-0.4, -0.2) is 40.2 Å². The van der Waals surface area contributed by atoms with Gasteiger partial charge in [0.05, 0.1) is 17.5 Å². The molecule has 1 amide bonds. The number of hydrogen-bond acceptors (Lipinski definition) is 4. The number of hydrogen-bond donors (Lipinski definition) is 1. The maximum Gasteiger partial charge on any atom is 0.275 e. The van der Waals surface area contributed by atoms with E-state index in [1.165, 1.54) is 16.8 Å². The first-order chi connectivity index (χ1) is 14.0. The number of fused-ring (bicyclic) bond motifs is 1. The molecule has 0 saturated carbocycles. The van der Waals surface area contributed by atoms with Crippen LogP contribution in [0, 0.1) is 5.82 Å². The van der Waals surface area contributed by atoms with Crippen molar-refractivity contribution in [3.05, 3.63) is 76.0 Å². The molecule has 0 radical (unpaired) electrons. The Balaban J connectivity index is 1.83. The summed E-state index contributed by atoms with van der Waals surface area (Å²) < 4.78 is 15.1. The zero-order valence-corrected chi connectivity index (χ0v) is 16.4. The number of benzene rings is 2. The summed E-state index contributed by atoms with van der Waals surface area (Å²) in [5.41, 5.74) is 0.762. The fourth-order valence-electron chi connectivity index (χ4n) is 3.81. The van der Waals surface area contributed by atoms with Crippen molar-refractivity contribution >= 4 is 16.7 Å². The Bertz CT molecular complexity index is 1130. The van der Waals surface area contributed by atoms with E-state index in [4.69, 9.17) is 0 Å². The van der Waals surface area contributed by atoms with Gasteiger partial charge in [-0.15, -0.1) is 0 Å². The molecule has 4 rings (SSSR count). The lowest BCUT2D eigenvalue weighted by molar-refractivity contribution is 0.0627. The zero-order chi connectivity index (χ0) is 20.5. The zero-order valence-electron chi connectivity index (χ0n) is 16.4. The van der Waals surface area contributed by atoms with E-state index in [1.807, 2.05) is 19.9 Å². The minimum absolute atomic E-state index is 0.180. The van der Waals surface area contributed by atoms with Gasteiger partial charge in [0.25, 0.3) is 11.5 Å². The molecule has 2 aromatic carbocycles. The summed E-state index contributed by atoms with van der Waals surface area (Å²) in [6.07, 6.45) is 0. The van der Waals surface area contributed by atoms with Crippen LogP contribution < -0.4 is 10.9 Å². The van der Waals surface area contributed by atoms with Gasteiger partial charge in [0, 0.05) is 25.0 Å². The molecule has 1 aliphatic rings. The second-order valence-electron chi connectivity index (χ2n) is 7.51. The number of carbonyl (C=O) groups excluding carboxylic acids is 1. The average Bonchev–Trinajstić information content (AvgIpc) is 2.73. The van der Waals surface area contributed by atoms with Gasteiger partial charge in [0.15, 0.2) is 5.69 Å². The standard InChI is InChI=1S/C22H23FN4O2/c1-14(2)27-21(28)18-9-4-3-8-17(18)20(25-27)22(29)26-11-10-24-13-19(26)15-6-5-7-16(23)12-15/h3-9,12,14,19,24H,10-11,13H2,1-2H3. The molecule has 2 heterocycles. The van der Waals surface area contributed by atoms with Crippen molar-refractivity contribution in [1.82, 2.24) is 20.0 Å². The minimum atomic E-state index is -0.336. The molecule has 150 valence electrons. The highest BCUT2D eigenvalue weighted by Gasteiger charge is 2.31. The van der Waals surface area contributed by atoms with Crippen molar-refractivity contribution < 1.29 is 9.18 Å². The Labute approximate surface area is 167 Å². The largest absolute Gasteiger partial charge is 0.328 e. The van der Waals surface area contributed by atoms with Crippen molar-refractivity contribution in [3.63, 3.8) is 0 Å². The summed E-state index contributed by atoms with van der Waals surface area (Å²) in [6.45, 7) is 5.35. The fraction of sp³-hybridized carbons (Fsp3) is 0.318. The molecule has 1 unspecified atom stereocenters. The monoisotopic (exact) mass is 394 g/mol. The van der Waals surface area contributed by atoms with E-state index in [0.717, 1.165) is 5.56 Å². The highest BCUT2D eigenvalue weighted by molar-refractivity contribution is 6.05. The molecule has 0 bridgehead atoms. The molecule has 6 nitrogen and oxygen atoms in total. The molecular formula is C22H23FN4O2. The maximum absolute atomic E-state index is 13.8. The molecule has 29 heavy (non-hydrogen) atoms. The Morgan fingerprint density at radius 2 is 1.93 bits per heavy atom. The van der Waals surface area contributed by atoms with E-state index >= 15 is 0 Å². The molecule has 1 atom stereocenters. The number of rotatable bonds is 3. The van der Waals surface area contributed by atoms with Crippen molar-refractivity contribution in [2.75, 3.05) is 19.6 Å². The van der Waals surface area contributed by atoms with Crippen LogP contribution in [0.4, 0.5) is 4.39 Å². The lowest BCUT2D eigenvalue weighted by atomic mass is 10.0. The topological polar surface area (TPSA) is 67.2 Å². The van der Waals surface area contributed by atoms with Gasteiger partial charge in [-0.05, 0) is 37.6 Å². The number of aromatic nitrogens is 2. The van der Waals surface area contributed by atoms with Crippen LogP contribution in [0.2, 0.25) is 0 Å². The van der Waals surface area contributed by atoms with E-state index < -0.39 is 0 Å². The average molecular weight is 394 g/mol. The third-order valence-electron chi connectivity index (χ3n) is 5.26. The predicted molar refractivity (Wildman–Crippen MR) is 109 cm³/mol. The number of piperazine rings is 1. The summed E-state index contributed by atoms with van der Waals surface area (Å²) in [4.78, 5) is 28.1. The summed E-state index contributed by atoms with van der Waals surface area (Å²) in [6, 6.07) is 12.9. The lowest BCUT2D eigenvalue weighted by Crippen LogP contribution is -2.49. The van der Waals surface area contributed by atoms with Crippen molar-refractivity contribution in [1.29, 1.82) is 0 Å². The number of halogens is 1. The highest BCUT2D eigenvalue weighted by atomic mass is 19.1. The Morgan fingerprint density at radius 1 is 1.17 bits per heavy atom. The predicted octanol–water partition coefficient (Wildman–Crippen LogP) is 2.90. The van der Waals surface area contributed by atoms with Gasteiger partial charge in [-0.1, -0.05) is 30.3 Å². The van der Waals surface area contributed by atoms with Crippen molar-refractivity contribution in [2.24, 2.45) is 0 Å². The van der Waals surface area contributed by atoms with E-state index in [2.05, 4.69) is 10.4 Å². The first kappa shape index (κ1) is 19.3. The second-order valence-corrected chi connectivity index (χ2v) is 7.51. The van der Waals surface area contributed by atoms with Crippen LogP contribution in [0.1, 0.15) is 42.0 Å². The van der Waals surface area contributed by atoms with Gasteiger partial charge in [-0.25, -0.2) is 9.07 Å². The summed E-state index contributed by atoms with van der Waals surface area (Å²) in [7, 11) is 0. The van der Waals surface area contributed by atoms with Crippen molar-refractivity contribution in [2.45, 2.75) is 25.9 Å². The number of carbonyl (C=O) groups is 1. The minimum Gasteiger partial charge on any atom is -0.328 e. The van der Waals surface area contributed by atoms with Crippen LogP contribution in [0.3, 0.4) is 0 Å². The molecule has 1 N–H and O–H groups in total. The molecule has 3 aromatic rings. The maximum atomic E-state index is 13.8. The van der Waals surface area contributed by atoms with Gasteiger partial charge < -0.3 is 10.2 Å². The Kier molecular flexibility index (Phi) is 5.15. The van der Waals surface area contributed by atoms with E-state index in [0.29, 0.717) is 30.4 Å². The van der Waals surface area contributed by atoms with Crippen LogP contribution in [0.5, 0.6) is 0 Å². The molecular weight excluding hydrogens is 371 g/mol. The number of nitrogens with one attached hydrogen (secondary N) is 1. The molecule has 0 aliphatic carbocycles. The van der Waals surface area contributed by atoms with Gasteiger partial charge in [-0.3, -0.25) is 9.59 Å². The van der Waals surface area contributed by atoms with Crippen LogP contribution in [-0.2, 0) is 0 Å². The lowest BCUT2D eigenvalue weighted by Gasteiger charge is -2.36. The number of nitrogens with zero attached hydrogens (tertiary/aromatic N) is 3. The second kappa shape index (κ2) is 7.75. The smallest absolute Gasteiger partial charge is 0.275 e. The Hall–Kier alpha value is -3.06. The molecule has 7 heteroatoms. The SMILES string of the molecule is CC(C)n1nc(C(=O)N2CCNCC2c2cccc(F)c2)c2ccccc2c1=O. The molecule has 1 saturated heterocycles. The summed E-state index contributed by atoms with van der Waals surface area (Å²) >= 11 is 0. The normalized spacial score (nSPS) is 17.1. The molecule has 1 fully saturated rings. The summed E-state index contributed by atoms with van der Waals surface area (Å²) in [5, 5.41) is 8.72. The molecule has 0 spiro atoms. The van der Waals surface area contributed by atoms with Gasteiger partial charge in [0.2, 0.25) is 0 Å². The Morgan fingerprint density at radius 3 is 2.66 bits per heavy atom. The first-order valence-corrected chi connectivity index (χ1v) is 9.76. The van der Waals surface area contributed by atoms with Crippen molar-refractivity contribution in [3.8, 4) is 0 Å². The van der Waals surface area contributed by atoms with E-state index in [-0.39, 0.29) is 35.1 Å².